The Balaban J connectivity index is 2.41. The van der Waals surface area contributed by atoms with Gasteiger partial charge in [-0.05, 0) is 31.1 Å². The zero-order valence-corrected chi connectivity index (χ0v) is 8.99. The van der Waals surface area contributed by atoms with Crippen LogP contribution in [-0.4, -0.2) is 24.4 Å². The second-order valence-electron chi connectivity index (χ2n) is 4.52. The van der Waals surface area contributed by atoms with E-state index in [1.54, 1.807) is 7.11 Å². The summed E-state index contributed by atoms with van der Waals surface area (Å²) in [6.07, 6.45) is 4.81. The highest BCUT2D eigenvalue weighted by molar-refractivity contribution is 4.79. The smallest absolute Gasteiger partial charge is 0.0592 e. The van der Waals surface area contributed by atoms with E-state index in [0.717, 1.165) is 12.8 Å². The molecule has 1 fully saturated rings. The highest BCUT2D eigenvalue weighted by Gasteiger charge is 2.28. The lowest BCUT2D eigenvalue weighted by Gasteiger charge is -2.33. The standard InChI is InChI=1S/C11H22O2/c1-8(2)11(12)9-5-4-6-10(7-9)13-3/h8-12H,4-7H2,1-3H3. The second kappa shape index (κ2) is 4.97. The van der Waals surface area contributed by atoms with E-state index in [1.807, 2.05) is 0 Å². The molecule has 1 aliphatic rings. The van der Waals surface area contributed by atoms with Crippen molar-refractivity contribution in [2.75, 3.05) is 7.11 Å². The third-order valence-electron chi connectivity index (χ3n) is 3.17. The third kappa shape index (κ3) is 2.96. The normalized spacial score (nSPS) is 32.1. The molecule has 0 amide bonds. The molecule has 0 spiro atoms. The monoisotopic (exact) mass is 186 g/mol. The summed E-state index contributed by atoms with van der Waals surface area (Å²) in [5, 5.41) is 9.91. The van der Waals surface area contributed by atoms with Gasteiger partial charge >= 0.3 is 0 Å². The van der Waals surface area contributed by atoms with Gasteiger partial charge in [0.1, 0.15) is 0 Å². The Labute approximate surface area is 81.3 Å². The molecule has 3 atom stereocenters. The summed E-state index contributed by atoms with van der Waals surface area (Å²) in [6, 6.07) is 0. The Kier molecular flexibility index (Phi) is 4.20. The molecule has 78 valence electrons. The molecule has 0 radical (unpaired) electrons. The van der Waals surface area contributed by atoms with Gasteiger partial charge in [-0.25, -0.2) is 0 Å². The summed E-state index contributed by atoms with van der Waals surface area (Å²) in [5.74, 6) is 0.833. The fraction of sp³-hybridized carbons (Fsp3) is 1.00. The maximum Gasteiger partial charge on any atom is 0.0592 e. The van der Waals surface area contributed by atoms with Gasteiger partial charge in [-0.15, -0.1) is 0 Å². The highest BCUT2D eigenvalue weighted by atomic mass is 16.5. The molecular formula is C11H22O2. The molecule has 0 aromatic rings. The van der Waals surface area contributed by atoms with Crippen molar-refractivity contribution in [3.05, 3.63) is 0 Å². The van der Waals surface area contributed by atoms with Gasteiger partial charge in [-0.1, -0.05) is 20.3 Å². The quantitative estimate of drug-likeness (QED) is 0.732. The molecule has 1 rings (SSSR count). The van der Waals surface area contributed by atoms with Crippen molar-refractivity contribution in [3.63, 3.8) is 0 Å². The van der Waals surface area contributed by atoms with Crippen molar-refractivity contribution in [2.45, 2.75) is 51.7 Å². The van der Waals surface area contributed by atoms with E-state index in [2.05, 4.69) is 13.8 Å². The number of rotatable bonds is 3. The topological polar surface area (TPSA) is 29.5 Å². The van der Waals surface area contributed by atoms with Crippen LogP contribution in [0.3, 0.4) is 0 Å². The molecule has 0 saturated heterocycles. The van der Waals surface area contributed by atoms with Crippen LogP contribution >= 0.6 is 0 Å². The lowest BCUT2D eigenvalue weighted by molar-refractivity contribution is -0.00977. The summed E-state index contributed by atoms with van der Waals surface area (Å²) >= 11 is 0. The minimum atomic E-state index is -0.141. The zero-order chi connectivity index (χ0) is 9.84. The Bertz CT molecular complexity index is 145. The van der Waals surface area contributed by atoms with E-state index < -0.39 is 0 Å². The molecule has 0 aliphatic heterocycles. The first kappa shape index (κ1) is 11.0. The summed E-state index contributed by atoms with van der Waals surface area (Å²) in [5.41, 5.74) is 0. The number of methoxy groups -OCH3 is 1. The van der Waals surface area contributed by atoms with Crippen LogP contribution in [0.1, 0.15) is 39.5 Å². The van der Waals surface area contributed by atoms with Crippen molar-refractivity contribution < 1.29 is 9.84 Å². The Morgan fingerprint density at radius 1 is 1.31 bits per heavy atom. The van der Waals surface area contributed by atoms with Crippen LogP contribution in [0.4, 0.5) is 0 Å². The largest absolute Gasteiger partial charge is 0.393 e. The van der Waals surface area contributed by atoms with E-state index >= 15 is 0 Å². The lowest BCUT2D eigenvalue weighted by atomic mass is 9.80. The van der Waals surface area contributed by atoms with Crippen molar-refractivity contribution in [3.8, 4) is 0 Å². The number of ether oxygens (including phenoxy) is 1. The predicted molar refractivity (Wildman–Crippen MR) is 53.6 cm³/mol. The van der Waals surface area contributed by atoms with Gasteiger partial charge in [-0.2, -0.15) is 0 Å². The third-order valence-corrected chi connectivity index (χ3v) is 3.17. The van der Waals surface area contributed by atoms with Gasteiger partial charge < -0.3 is 9.84 Å². The first-order valence-electron chi connectivity index (χ1n) is 5.36. The molecular weight excluding hydrogens is 164 g/mol. The molecule has 3 unspecified atom stereocenters. The van der Waals surface area contributed by atoms with Crippen LogP contribution in [0.15, 0.2) is 0 Å². The first-order chi connectivity index (χ1) is 6.15. The number of aliphatic hydroxyl groups is 1. The maximum atomic E-state index is 9.91. The molecule has 2 heteroatoms. The van der Waals surface area contributed by atoms with Gasteiger partial charge in [0.25, 0.3) is 0 Å². The van der Waals surface area contributed by atoms with Gasteiger partial charge in [0, 0.05) is 7.11 Å². The van der Waals surface area contributed by atoms with Crippen LogP contribution in [-0.2, 0) is 4.74 Å². The zero-order valence-electron chi connectivity index (χ0n) is 8.99. The van der Waals surface area contributed by atoms with Crippen molar-refractivity contribution in [1.82, 2.24) is 0 Å². The molecule has 13 heavy (non-hydrogen) atoms. The average molecular weight is 186 g/mol. The Hall–Kier alpha value is -0.0800. The maximum absolute atomic E-state index is 9.91. The van der Waals surface area contributed by atoms with Gasteiger partial charge in [0.05, 0.1) is 12.2 Å². The number of hydrogen-bond donors (Lipinski definition) is 1. The number of hydrogen-bond acceptors (Lipinski definition) is 2. The van der Waals surface area contributed by atoms with Crippen LogP contribution < -0.4 is 0 Å². The van der Waals surface area contributed by atoms with Gasteiger partial charge in [-0.3, -0.25) is 0 Å². The van der Waals surface area contributed by atoms with Crippen molar-refractivity contribution >= 4 is 0 Å². The fourth-order valence-corrected chi connectivity index (χ4v) is 2.25. The van der Waals surface area contributed by atoms with Crippen molar-refractivity contribution in [2.24, 2.45) is 11.8 Å². The summed E-state index contributed by atoms with van der Waals surface area (Å²) in [6.45, 7) is 4.17. The predicted octanol–water partition coefficient (Wildman–Crippen LogP) is 2.21. The molecule has 1 N–H and O–H groups in total. The van der Waals surface area contributed by atoms with Crippen LogP contribution in [0, 0.1) is 11.8 Å². The first-order valence-corrected chi connectivity index (χ1v) is 5.36. The average Bonchev–Trinajstić information content (AvgIpc) is 2.16. The molecule has 1 aliphatic carbocycles. The summed E-state index contributed by atoms with van der Waals surface area (Å²) in [4.78, 5) is 0. The Morgan fingerprint density at radius 3 is 2.54 bits per heavy atom. The van der Waals surface area contributed by atoms with E-state index in [4.69, 9.17) is 4.74 Å². The van der Waals surface area contributed by atoms with E-state index in [-0.39, 0.29) is 6.10 Å². The van der Waals surface area contributed by atoms with Gasteiger partial charge in [0.15, 0.2) is 0 Å². The highest BCUT2D eigenvalue weighted by Crippen LogP contribution is 2.30. The summed E-state index contributed by atoms with van der Waals surface area (Å²) in [7, 11) is 1.77. The minimum absolute atomic E-state index is 0.141. The van der Waals surface area contributed by atoms with Crippen LogP contribution in [0.5, 0.6) is 0 Å². The van der Waals surface area contributed by atoms with E-state index in [1.165, 1.54) is 12.8 Å². The van der Waals surface area contributed by atoms with Crippen LogP contribution in [0.2, 0.25) is 0 Å². The molecule has 0 aromatic heterocycles. The molecule has 0 heterocycles. The summed E-state index contributed by atoms with van der Waals surface area (Å²) < 4.78 is 5.34. The van der Waals surface area contributed by atoms with Gasteiger partial charge in [0.2, 0.25) is 0 Å². The lowest BCUT2D eigenvalue weighted by Crippen LogP contribution is -2.32. The van der Waals surface area contributed by atoms with E-state index in [9.17, 15) is 5.11 Å². The van der Waals surface area contributed by atoms with Crippen molar-refractivity contribution in [1.29, 1.82) is 0 Å². The molecule has 0 bridgehead atoms. The second-order valence-corrected chi connectivity index (χ2v) is 4.52. The molecule has 0 aromatic carbocycles. The molecule has 2 nitrogen and oxygen atoms in total. The van der Waals surface area contributed by atoms with Crippen LogP contribution in [0.25, 0.3) is 0 Å². The van der Waals surface area contributed by atoms with E-state index in [0.29, 0.717) is 17.9 Å². The molecule has 1 saturated carbocycles. The fourth-order valence-electron chi connectivity index (χ4n) is 2.25. The Morgan fingerprint density at radius 2 is 2.00 bits per heavy atom. The SMILES string of the molecule is COC1CCCC(C(O)C(C)C)C1. The minimum Gasteiger partial charge on any atom is -0.393 e. The number of aliphatic hydroxyl groups excluding tert-OH is 1.